The zero-order valence-electron chi connectivity index (χ0n) is 10.1. The van der Waals surface area contributed by atoms with Gasteiger partial charge in [0.25, 0.3) is 0 Å². The molecule has 94 valence electrons. The molecule has 0 saturated carbocycles. The van der Waals surface area contributed by atoms with E-state index in [1.54, 1.807) is 0 Å². The number of halogens is 1. The Balaban J connectivity index is 0.00000128. The summed E-state index contributed by atoms with van der Waals surface area (Å²) in [7, 11) is 0. The van der Waals surface area contributed by atoms with E-state index in [-0.39, 0.29) is 12.4 Å². The van der Waals surface area contributed by atoms with E-state index in [0.717, 1.165) is 25.9 Å². The summed E-state index contributed by atoms with van der Waals surface area (Å²) in [5.41, 5.74) is 0.531. The molecule has 2 aliphatic rings. The van der Waals surface area contributed by atoms with Crippen LogP contribution in [0, 0.1) is 5.41 Å². The molecule has 2 saturated heterocycles. The van der Waals surface area contributed by atoms with Crippen LogP contribution >= 0.6 is 12.4 Å². The molecule has 0 aromatic heterocycles. The van der Waals surface area contributed by atoms with E-state index >= 15 is 0 Å². The van der Waals surface area contributed by atoms with Gasteiger partial charge < -0.3 is 10.2 Å². The normalized spacial score (nSPS) is 23.2. The van der Waals surface area contributed by atoms with Crippen LogP contribution in [0.15, 0.2) is 0 Å². The summed E-state index contributed by atoms with van der Waals surface area (Å²) >= 11 is 0. The number of hydrogen-bond acceptors (Lipinski definition) is 2. The Morgan fingerprint density at radius 2 is 2.00 bits per heavy atom. The van der Waals surface area contributed by atoms with Crippen LogP contribution in [0.25, 0.3) is 0 Å². The molecule has 0 aromatic rings. The largest absolute Gasteiger partial charge is 0.343 e. The number of nitrogens with one attached hydrogen (secondary N) is 1. The van der Waals surface area contributed by atoms with Crippen LogP contribution in [-0.2, 0) is 4.79 Å². The van der Waals surface area contributed by atoms with Gasteiger partial charge in [-0.25, -0.2) is 0 Å². The third kappa shape index (κ3) is 2.89. The maximum absolute atomic E-state index is 11.7. The maximum atomic E-state index is 11.7. The molecule has 0 aliphatic carbocycles. The fraction of sp³-hybridized carbons (Fsp3) is 0.917. The number of likely N-dealkylation sites (tertiary alicyclic amines) is 1. The van der Waals surface area contributed by atoms with Crippen LogP contribution in [0.4, 0.5) is 0 Å². The van der Waals surface area contributed by atoms with Crippen molar-refractivity contribution in [3.8, 4) is 0 Å². The van der Waals surface area contributed by atoms with Gasteiger partial charge in [-0.15, -0.1) is 12.4 Å². The summed E-state index contributed by atoms with van der Waals surface area (Å²) in [6, 6.07) is 0. The number of carbonyl (C=O) groups excluding carboxylic acids is 1. The van der Waals surface area contributed by atoms with Crippen LogP contribution < -0.4 is 5.32 Å². The standard InChI is InChI=1S/C12H22N2O.ClH/c1-2-3-11(15)14-8-5-12(6-9-14)4-7-13-10-12;/h13H,2-10H2,1H3;1H. The molecule has 0 aromatic carbocycles. The first-order chi connectivity index (χ1) is 7.26. The Kier molecular flexibility index (Phi) is 5.06. The highest BCUT2D eigenvalue weighted by Crippen LogP contribution is 2.36. The first kappa shape index (κ1) is 13.8. The summed E-state index contributed by atoms with van der Waals surface area (Å²) in [5, 5.41) is 3.45. The fourth-order valence-electron chi connectivity index (χ4n) is 2.82. The zero-order chi connectivity index (χ0) is 10.7. The fourth-order valence-corrected chi connectivity index (χ4v) is 2.82. The van der Waals surface area contributed by atoms with Gasteiger partial charge in [0.2, 0.25) is 5.91 Å². The number of carbonyl (C=O) groups is 1. The molecule has 0 unspecified atom stereocenters. The first-order valence-corrected chi connectivity index (χ1v) is 6.24. The summed E-state index contributed by atoms with van der Waals surface area (Å²) in [4.78, 5) is 13.8. The highest BCUT2D eigenvalue weighted by molar-refractivity contribution is 5.85. The van der Waals surface area contributed by atoms with Gasteiger partial charge >= 0.3 is 0 Å². The van der Waals surface area contributed by atoms with Crippen molar-refractivity contribution in [2.24, 2.45) is 5.41 Å². The molecule has 3 nitrogen and oxygen atoms in total. The summed E-state index contributed by atoms with van der Waals surface area (Å²) in [5.74, 6) is 0.360. The minimum atomic E-state index is 0. The lowest BCUT2D eigenvalue weighted by molar-refractivity contribution is -0.133. The van der Waals surface area contributed by atoms with E-state index in [1.165, 1.54) is 32.4 Å². The van der Waals surface area contributed by atoms with Gasteiger partial charge in [-0.1, -0.05) is 6.92 Å². The van der Waals surface area contributed by atoms with E-state index in [4.69, 9.17) is 0 Å². The lowest BCUT2D eigenvalue weighted by Crippen LogP contribution is -2.43. The monoisotopic (exact) mass is 246 g/mol. The number of amides is 1. The molecule has 2 heterocycles. The van der Waals surface area contributed by atoms with Crippen molar-refractivity contribution in [1.82, 2.24) is 10.2 Å². The molecule has 1 amide bonds. The minimum Gasteiger partial charge on any atom is -0.343 e. The van der Waals surface area contributed by atoms with Crippen LogP contribution in [0.5, 0.6) is 0 Å². The molecule has 0 radical (unpaired) electrons. The predicted molar refractivity (Wildman–Crippen MR) is 67.9 cm³/mol. The van der Waals surface area contributed by atoms with Crippen molar-refractivity contribution in [3.63, 3.8) is 0 Å². The molecular formula is C12H23ClN2O. The molecule has 4 heteroatoms. The van der Waals surface area contributed by atoms with E-state index < -0.39 is 0 Å². The molecule has 16 heavy (non-hydrogen) atoms. The second-order valence-electron chi connectivity index (χ2n) is 5.06. The number of rotatable bonds is 2. The minimum absolute atomic E-state index is 0. The van der Waals surface area contributed by atoms with Crippen LogP contribution in [0.3, 0.4) is 0 Å². The van der Waals surface area contributed by atoms with Crippen molar-refractivity contribution in [2.75, 3.05) is 26.2 Å². The summed E-state index contributed by atoms with van der Waals surface area (Å²) in [6.45, 7) is 6.39. The first-order valence-electron chi connectivity index (χ1n) is 6.24. The second-order valence-corrected chi connectivity index (χ2v) is 5.06. The smallest absolute Gasteiger partial charge is 0.222 e. The van der Waals surface area contributed by atoms with Crippen LogP contribution in [0.1, 0.15) is 39.0 Å². The lowest BCUT2D eigenvalue weighted by Gasteiger charge is -2.38. The molecule has 1 spiro atoms. The Morgan fingerprint density at radius 3 is 2.50 bits per heavy atom. The van der Waals surface area contributed by atoms with Gasteiger partial charge in [-0.2, -0.15) is 0 Å². The van der Waals surface area contributed by atoms with E-state index in [0.29, 0.717) is 11.3 Å². The van der Waals surface area contributed by atoms with Gasteiger partial charge in [0, 0.05) is 26.1 Å². The molecule has 2 aliphatic heterocycles. The van der Waals surface area contributed by atoms with Gasteiger partial charge in [0.05, 0.1) is 0 Å². The average Bonchev–Trinajstić information content (AvgIpc) is 2.68. The van der Waals surface area contributed by atoms with Gasteiger partial charge in [-0.05, 0) is 37.6 Å². The summed E-state index contributed by atoms with van der Waals surface area (Å²) in [6.07, 6.45) is 5.42. The number of piperidine rings is 1. The predicted octanol–water partition coefficient (Wildman–Crippen LogP) is 1.81. The Bertz CT molecular complexity index is 229. The number of hydrogen-bond donors (Lipinski definition) is 1. The van der Waals surface area contributed by atoms with E-state index in [1.807, 2.05) is 0 Å². The van der Waals surface area contributed by atoms with Crippen molar-refractivity contribution in [3.05, 3.63) is 0 Å². The third-order valence-corrected chi connectivity index (χ3v) is 3.97. The van der Waals surface area contributed by atoms with Gasteiger partial charge in [-0.3, -0.25) is 4.79 Å². The Hall–Kier alpha value is -0.280. The van der Waals surface area contributed by atoms with Crippen molar-refractivity contribution in [1.29, 1.82) is 0 Å². The molecule has 2 rings (SSSR count). The molecule has 0 atom stereocenters. The molecular weight excluding hydrogens is 224 g/mol. The maximum Gasteiger partial charge on any atom is 0.222 e. The molecule has 0 bridgehead atoms. The third-order valence-electron chi connectivity index (χ3n) is 3.97. The molecule has 2 fully saturated rings. The Labute approximate surface area is 104 Å². The highest BCUT2D eigenvalue weighted by Gasteiger charge is 2.37. The summed E-state index contributed by atoms with van der Waals surface area (Å²) < 4.78 is 0. The number of nitrogens with zero attached hydrogens (tertiary/aromatic N) is 1. The van der Waals surface area contributed by atoms with Crippen LogP contribution in [-0.4, -0.2) is 37.0 Å². The second kappa shape index (κ2) is 5.87. The molecule has 1 N–H and O–H groups in total. The average molecular weight is 247 g/mol. The van der Waals surface area contributed by atoms with Crippen molar-refractivity contribution in [2.45, 2.75) is 39.0 Å². The van der Waals surface area contributed by atoms with E-state index in [2.05, 4.69) is 17.1 Å². The quantitative estimate of drug-likeness (QED) is 0.806. The topological polar surface area (TPSA) is 32.3 Å². The lowest BCUT2D eigenvalue weighted by atomic mass is 9.78. The van der Waals surface area contributed by atoms with Gasteiger partial charge in [0.1, 0.15) is 0 Å². The van der Waals surface area contributed by atoms with Crippen molar-refractivity contribution >= 4 is 18.3 Å². The van der Waals surface area contributed by atoms with E-state index in [9.17, 15) is 4.79 Å². The zero-order valence-corrected chi connectivity index (χ0v) is 10.9. The Morgan fingerprint density at radius 1 is 1.31 bits per heavy atom. The SMILES string of the molecule is CCCC(=O)N1CCC2(CCNC2)CC1.Cl. The van der Waals surface area contributed by atoms with Gasteiger partial charge in [0.15, 0.2) is 0 Å². The van der Waals surface area contributed by atoms with Crippen molar-refractivity contribution < 1.29 is 4.79 Å². The van der Waals surface area contributed by atoms with Crippen LogP contribution in [0.2, 0.25) is 0 Å². The highest BCUT2D eigenvalue weighted by atomic mass is 35.5.